The summed E-state index contributed by atoms with van der Waals surface area (Å²) in [5.74, 6) is 0.371. The highest BCUT2D eigenvalue weighted by atomic mass is 19.1. The van der Waals surface area contributed by atoms with Gasteiger partial charge in [-0.05, 0) is 43.5 Å². The summed E-state index contributed by atoms with van der Waals surface area (Å²) in [5.41, 5.74) is 6.66. The number of nitrogens with two attached hydrogens (primary N) is 1. The van der Waals surface area contributed by atoms with E-state index in [0.29, 0.717) is 18.8 Å². The molecule has 4 heteroatoms. The normalized spacial score (nSPS) is 12.5. The Morgan fingerprint density at radius 3 is 2.76 bits per heavy atom. The summed E-state index contributed by atoms with van der Waals surface area (Å²) in [6, 6.07) is 4.48. The Morgan fingerprint density at radius 2 is 2.12 bits per heavy atom. The Bertz CT molecular complexity index is 344. The number of hydrogen-bond acceptors (Lipinski definition) is 3. The summed E-state index contributed by atoms with van der Waals surface area (Å²) in [4.78, 5) is 0. The molecular formula is C13H20FNO2. The second kappa shape index (κ2) is 7.25. The maximum Gasteiger partial charge on any atom is 0.189 e. The van der Waals surface area contributed by atoms with Crippen LogP contribution in [0.15, 0.2) is 18.2 Å². The Morgan fingerprint density at radius 1 is 1.35 bits per heavy atom. The minimum Gasteiger partial charge on any atom is -0.467 e. The highest BCUT2D eigenvalue weighted by Gasteiger charge is 2.09. The fourth-order valence-corrected chi connectivity index (χ4v) is 1.46. The third-order valence-electron chi connectivity index (χ3n) is 2.53. The first-order chi connectivity index (χ1) is 8.17. The van der Waals surface area contributed by atoms with Crippen LogP contribution in [0.1, 0.15) is 25.8 Å². The molecule has 17 heavy (non-hydrogen) atoms. The van der Waals surface area contributed by atoms with E-state index < -0.39 is 0 Å². The molecule has 0 aliphatic rings. The van der Waals surface area contributed by atoms with Gasteiger partial charge in [0.05, 0.1) is 0 Å². The van der Waals surface area contributed by atoms with Crippen molar-refractivity contribution in [1.29, 1.82) is 0 Å². The molecule has 0 aromatic heterocycles. The van der Waals surface area contributed by atoms with Crippen molar-refractivity contribution in [2.24, 2.45) is 5.73 Å². The van der Waals surface area contributed by atoms with E-state index in [-0.39, 0.29) is 18.7 Å². The molecule has 0 saturated carbocycles. The maximum absolute atomic E-state index is 13.2. The first kappa shape index (κ1) is 13.9. The second-order valence-electron chi connectivity index (χ2n) is 3.88. The highest BCUT2D eigenvalue weighted by Crippen LogP contribution is 2.21. The molecule has 0 fully saturated rings. The molecule has 1 aromatic rings. The molecule has 0 spiro atoms. The van der Waals surface area contributed by atoms with Gasteiger partial charge in [0, 0.05) is 12.6 Å². The summed E-state index contributed by atoms with van der Waals surface area (Å²) in [6.07, 6.45) is 1.46. The molecule has 0 aliphatic heterocycles. The van der Waals surface area contributed by atoms with Gasteiger partial charge in [-0.15, -0.1) is 0 Å². The monoisotopic (exact) mass is 241 g/mol. The van der Waals surface area contributed by atoms with Crippen molar-refractivity contribution in [3.63, 3.8) is 0 Å². The Labute approximate surface area is 102 Å². The lowest BCUT2D eigenvalue weighted by Gasteiger charge is -2.14. The summed E-state index contributed by atoms with van der Waals surface area (Å²) < 4.78 is 23.7. The number of halogens is 1. The first-order valence-corrected chi connectivity index (χ1v) is 5.91. The molecule has 0 heterocycles. The predicted octanol–water partition coefficient (Wildman–Crippen LogP) is 2.48. The third-order valence-corrected chi connectivity index (χ3v) is 2.53. The molecule has 1 aromatic carbocycles. The van der Waals surface area contributed by atoms with Gasteiger partial charge in [-0.3, -0.25) is 0 Å². The van der Waals surface area contributed by atoms with Crippen LogP contribution in [-0.2, 0) is 11.2 Å². The number of hydrogen-bond donors (Lipinski definition) is 1. The maximum atomic E-state index is 13.2. The lowest BCUT2D eigenvalue weighted by molar-refractivity contribution is 0.0217. The van der Waals surface area contributed by atoms with Crippen molar-refractivity contribution >= 4 is 0 Å². The molecular weight excluding hydrogens is 221 g/mol. The van der Waals surface area contributed by atoms with E-state index in [4.69, 9.17) is 15.2 Å². The van der Waals surface area contributed by atoms with Crippen LogP contribution in [0.3, 0.4) is 0 Å². The zero-order valence-corrected chi connectivity index (χ0v) is 10.4. The van der Waals surface area contributed by atoms with E-state index in [9.17, 15) is 4.39 Å². The summed E-state index contributed by atoms with van der Waals surface area (Å²) >= 11 is 0. The van der Waals surface area contributed by atoms with Gasteiger partial charge in [0.1, 0.15) is 11.6 Å². The molecule has 1 rings (SSSR count). The average molecular weight is 241 g/mol. The third kappa shape index (κ3) is 4.71. The topological polar surface area (TPSA) is 44.5 Å². The van der Waals surface area contributed by atoms with Crippen molar-refractivity contribution in [1.82, 2.24) is 0 Å². The lowest BCUT2D eigenvalue weighted by atomic mass is 10.0. The second-order valence-corrected chi connectivity index (χ2v) is 3.88. The highest BCUT2D eigenvalue weighted by molar-refractivity contribution is 5.34. The van der Waals surface area contributed by atoms with Crippen molar-refractivity contribution in [3.8, 4) is 5.75 Å². The fraction of sp³-hybridized carbons (Fsp3) is 0.538. The van der Waals surface area contributed by atoms with Crippen molar-refractivity contribution in [2.45, 2.75) is 32.7 Å². The standard InChI is InChI=1S/C13H20FNO2/c1-3-12(15)8-10-7-11(14)5-6-13(10)17-9-16-4-2/h5-7,12H,3-4,8-9,15H2,1-2H3. The van der Waals surface area contributed by atoms with Gasteiger partial charge in [-0.25, -0.2) is 4.39 Å². The minimum absolute atomic E-state index is 0.0197. The summed E-state index contributed by atoms with van der Waals surface area (Å²) in [5, 5.41) is 0. The molecule has 1 atom stereocenters. The molecule has 0 amide bonds. The average Bonchev–Trinajstić information content (AvgIpc) is 2.32. The number of ether oxygens (including phenoxy) is 2. The van der Waals surface area contributed by atoms with Gasteiger partial charge < -0.3 is 15.2 Å². The molecule has 3 nitrogen and oxygen atoms in total. The molecule has 1 unspecified atom stereocenters. The van der Waals surface area contributed by atoms with Crippen LogP contribution < -0.4 is 10.5 Å². The predicted molar refractivity (Wildman–Crippen MR) is 65.5 cm³/mol. The quantitative estimate of drug-likeness (QED) is 0.589. The van der Waals surface area contributed by atoms with Crippen molar-refractivity contribution in [3.05, 3.63) is 29.6 Å². The van der Waals surface area contributed by atoms with E-state index in [1.165, 1.54) is 12.1 Å². The van der Waals surface area contributed by atoms with Crippen LogP contribution in [0.4, 0.5) is 4.39 Å². The van der Waals surface area contributed by atoms with E-state index in [2.05, 4.69) is 0 Å². The first-order valence-electron chi connectivity index (χ1n) is 5.91. The van der Waals surface area contributed by atoms with E-state index in [1.807, 2.05) is 13.8 Å². The molecule has 2 N–H and O–H groups in total. The van der Waals surface area contributed by atoms with Crippen LogP contribution in [0.5, 0.6) is 5.75 Å². The van der Waals surface area contributed by atoms with E-state index in [0.717, 1.165) is 12.0 Å². The smallest absolute Gasteiger partial charge is 0.189 e. The fourth-order valence-electron chi connectivity index (χ4n) is 1.46. The van der Waals surface area contributed by atoms with Crippen molar-refractivity contribution in [2.75, 3.05) is 13.4 Å². The minimum atomic E-state index is -0.271. The van der Waals surface area contributed by atoms with Gasteiger partial charge >= 0.3 is 0 Å². The van der Waals surface area contributed by atoms with Gasteiger partial charge in [0.25, 0.3) is 0 Å². The van der Waals surface area contributed by atoms with Gasteiger partial charge in [-0.2, -0.15) is 0 Å². The van der Waals surface area contributed by atoms with Crippen molar-refractivity contribution < 1.29 is 13.9 Å². The molecule has 0 saturated heterocycles. The van der Waals surface area contributed by atoms with Gasteiger partial charge in [0.15, 0.2) is 6.79 Å². The van der Waals surface area contributed by atoms with Gasteiger partial charge in [-0.1, -0.05) is 6.92 Å². The molecule has 96 valence electrons. The molecule has 0 radical (unpaired) electrons. The summed E-state index contributed by atoms with van der Waals surface area (Å²) in [6.45, 7) is 4.66. The van der Waals surface area contributed by atoms with Crippen LogP contribution in [-0.4, -0.2) is 19.4 Å². The van der Waals surface area contributed by atoms with Crippen LogP contribution in [0, 0.1) is 5.82 Å². The van der Waals surface area contributed by atoms with E-state index >= 15 is 0 Å². The zero-order chi connectivity index (χ0) is 12.7. The Balaban J connectivity index is 2.72. The molecule has 0 bridgehead atoms. The van der Waals surface area contributed by atoms with Crippen LogP contribution in [0.25, 0.3) is 0 Å². The largest absolute Gasteiger partial charge is 0.467 e. The Kier molecular flexibility index (Phi) is 5.94. The van der Waals surface area contributed by atoms with E-state index in [1.54, 1.807) is 6.07 Å². The zero-order valence-electron chi connectivity index (χ0n) is 10.4. The number of benzene rings is 1. The lowest BCUT2D eigenvalue weighted by Crippen LogP contribution is -2.22. The number of rotatable bonds is 7. The molecule has 0 aliphatic carbocycles. The van der Waals surface area contributed by atoms with Crippen LogP contribution >= 0.6 is 0 Å². The Hall–Kier alpha value is -1.13. The summed E-state index contributed by atoms with van der Waals surface area (Å²) in [7, 11) is 0. The SMILES string of the molecule is CCOCOc1ccc(F)cc1CC(N)CC. The van der Waals surface area contributed by atoms with Crippen LogP contribution in [0.2, 0.25) is 0 Å². The van der Waals surface area contributed by atoms with Gasteiger partial charge in [0.2, 0.25) is 0 Å².